The molecule has 2 N–H and O–H groups in total. The minimum absolute atomic E-state index is 0. The van der Waals surface area contributed by atoms with Crippen molar-refractivity contribution in [1.82, 2.24) is 0 Å². The minimum atomic E-state index is -0.614. The first-order valence-corrected chi connectivity index (χ1v) is 1.63. The summed E-state index contributed by atoms with van der Waals surface area (Å²) < 4.78 is 3.61. The summed E-state index contributed by atoms with van der Waals surface area (Å²) in [5, 5.41) is 0. The molecular formula is C2H8AlClNNaO2Zr. The summed E-state index contributed by atoms with van der Waals surface area (Å²) >= 11 is 4.52. The molecule has 0 saturated carbocycles. The number of nitrogens with two attached hydrogens (primary N) is 1. The van der Waals surface area contributed by atoms with E-state index in [9.17, 15) is 4.79 Å². The molecule has 0 aliphatic heterocycles. The molecule has 0 atom stereocenters. The van der Waals surface area contributed by atoms with Crippen molar-refractivity contribution in [2.45, 2.75) is 0 Å². The van der Waals surface area contributed by atoms with Gasteiger partial charge in [-0.3, -0.25) is 0 Å². The third-order valence-corrected chi connectivity index (χ3v) is 0.425. The number of hydrogen-bond acceptors (Lipinski definition) is 3. The largest absolute Gasteiger partial charge is 1.00 e. The average molecular weight is 255 g/mol. The van der Waals surface area contributed by atoms with Crippen molar-refractivity contribution in [1.29, 1.82) is 0 Å². The second-order valence-electron chi connectivity index (χ2n) is 0.653. The molecule has 0 rings (SSSR count). The van der Waals surface area contributed by atoms with Crippen molar-refractivity contribution < 1.29 is 66.3 Å². The predicted octanol–water partition coefficient (Wildman–Crippen LogP) is -4.43. The molecule has 0 unspecified atom stereocenters. The SMILES string of the molecule is NCC(=O)OCl.[AlH3].[H-].[Na+].[Zr]. The van der Waals surface area contributed by atoms with E-state index in [-0.39, 0.29) is 81.1 Å². The van der Waals surface area contributed by atoms with E-state index < -0.39 is 5.97 Å². The summed E-state index contributed by atoms with van der Waals surface area (Å²) in [5.41, 5.74) is 4.72. The first kappa shape index (κ1) is 22.5. The Morgan fingerprint density at radius 3 is 2.11 bits per heavy atom. The van der Waals surface area contributed by atoms with Crippen LogP contribution in [0.1, 0.15) is 1.43 Å². The van der Waals surface area contributed by atoms with Crippen LogP contribution >= 0.6 is 11.9 Å². The molecule has 0 bridgehead atoms. The van der Waals surface area contributed by atoms with E-state index in [4.69, 9.17) is 5.73 Å². The second-order valence-corrected chi connectivity index (χ2v) is 0.808. The maximum atomic E-state index is 9.70. The van der Waals surface area contributed by atoms with Crippen LogP contribution in [0, 0.1) is 0 Å². The van der Waals surface area contributed by atoms with Gasteiger partial charge in [0.2, 0.25) is 0 Å². The molecule has 0 saturated heterocycles. The Kier molecular flexibility index (Phi) is 41.5. The smallest absolute Gasteiger partial charge is 1.00 e. The predicted molar refractivity (Wildman–Crippen MR) is 32.1 cm³/mol. The summed E-state index contributed by atoms with van der Waals surface area (Å²) in [6.45, 7) is -0.163. The fourth-order valence-corrected chi connectivity index (χ4v) is 0.0945. The van der Waals surface area contributed by atoms with Gasteiger partial charge in [0.25, 0.3) is 0 Å². The van der Waals surface area contributed by atoms with Gasteiger partial charge in [-0.15, -0.1) is 0 Å². The van der Waals surface area contributed by atoms with Crippen molar-refractivity contribution in [2.24, 2.45) is 5.73 Å². The van der Waals surface area contributed by atoms with Crippen molar-refractivity contribution >= 4 is 35.2 Å². The van der Waals surface area contributed by atoms with Crippen molar-refractivity contribution in [3.63, 3.8) is 0 Å². The summed E-state index contributed by atoms with van der Waals surface area (Å²) in [5.74, 6) is -0.614. The van der Waals surface area contributed by atoms with Crippen LogP contribution in [-0.2, 0) is 35.3 Å². The first-order chi connectivity index (χ1) is 2.81. The molecule has 0 aliphatic rings. The Balaban J connectivity index is -0.0000000208. The Morgan fingerprint density at radius 1 is 1.78 bits per heavy atom. The zero-order valence-electron chi connectivity index (χ0n) is 5.48. The fourth-order valence-electron chi connectivity index (χ4n) is 0.0315. The van der Waals surface area contributed by atoms with Gasteiger partial charge in [-0.2, -0.15) is 0 Å². The van der Waals surface area contributed by atoms with Crippen LogP contribution in [0.15, 0.2) is 0 Å². The van der Waals surface area contributed by atoms with Crippen LogP contribution < -0.4 is 35.3 Å². The Hall–Kier alpha value is 2.14. The summed E-state index contributed by atoms with van der Waals surface area (Å²) in [6, 6.07) is 0. The number of halogens is 1. The molecule has 0 radical (unpaired) electrons. The number of rotatable bonds is 1. The summed E-state index contributed by atoms with van der Waals surface area (Å²) in [7, 11) is 0. The maximum Gasteiger partial charge on any atom is 1.00 e. The second kappa shape index (κ2) is 16.6. The van der Waals surface area contributed by atoms with E-state index in [1.165, 1.54) is 0 Å². The molecule has 0 spiro atoms. The van der Waals surface area contributed by atoms with Gasteiger partial charge < -0.3 is 11.4 Å². The summed E-state index contributed by atoms with van der Waals surface area (Å²) in [6.07, 6.45) is 0. The van der Waals surface area contributed by atoms with Crippen molar-refractivity contribution in [3.8, 4) is 0 Å². The monoisotopic (exact) mass is 253 g/mol. The Labute approximate surface area is 112 Å². The standard InChI is InChI=1S/C2H4ClNO2.Al.Na.Zr.4H/c3-6-2(5)1-4;;;;;;;/h1,4H2;;;;;;;/q;;+1;;;;;-1. The van der Waals surface area contributed by atoms with Crippen LogP contribution in [0.2, 0.25) is 0 Å². The third kappa shape index (κ3) is 17.8. The average Bonchev–Trinajstić information content (AvgIpc) is 1.65. The molecular weight excluding hydrogens is 247 g/mol. The van der Waals surface area contributed by atoms with Crippen LogP contribution in [-0.4, -0.2) is 29.9 Å². The molecule has 0 aromatic heterocycles. The molecule has 0 fully saturated rings. The molecule has 48 valence electrons. The van der Waals surface area contributed by atoms with Gasteiger partial charge in [0, 0.05) is 26.2 Å². The minimum Gasteiger partial charge on any atom is -1.00 e. The van der Waals surface area contributed by atoms with Gasteiger partial charge >= 0.3 is 35.5 Å². The topological polar surface area (TPSA) is 52.3 Å². The van der Waals surface area contributed by atoms with Gasteiger partial charge in [0.05, 0.1) is 6.54 Å². The number of carbonyl (C=O) groups is 1. The Bertz CT molecular complexity index is 67.2. The maximum absolute atomic E-state index is 9.70. The molecule has 0 amide bonds. The molecule has 0 aromatic rings. The van der Waals surface area contributed by atoms with Crippen LogP contribution in [0.4, 0.5) is 0 Å². The molecule has 3 nitrogen and oxygen atoms in total. The third-order valence-electron chi connectivity index (χ3n) is 0.253. The first-order valence-electron chi connectivity index (χ1n) is 1.32. The van der Waals surface area contributed by atoms with Gasteiger partial charge in [0.1, 0.15) is 11.9 Å². The normalized spacial score (nSPS) is 5.11. The van der Waals surface area contributed by atoms with E-state index in [1.54, 1.807) is 0 Å². The van der Waals surface area contributed by atoms with E-state index >= 15 is 0 Å². The van der Waals surface area contributed by atoms with Gasteiger partial charge in [-0.25, -0.2) is 4.79 Å². The zero-order chi connectivity index (χ0) is 4.99. The summed E-state index contributed by atoms with van der Waals surface area (Å²) in [4.78, 5) is 9.70. The van der Waals surface area contributed by atoms with Gasteiger partial charge in [-0.05, 0) is 0 Å². The van der Waals surface area contributed by atoms with Crippen LogP contribution in [0.3, 0.4) is 0 Å². The molecule has 0 aliphatic carbocycles. The zero-order valence-corrected chi connectivity index (χ0v) is 9.69. The van der Waals surface area contributed by atoms with Crippen LogP contribution in [0.5, 0.6) is 0 Å². The molecule has 9 heavy (non-hydrogen) atoms. The molecule has 0 aromatic carbocycles. The van der Waals surface area contributed by atoms with E-state index in [0.29, 0.717) is 0 Å². The van der Waals surface area contributed by atoms with E-state index in [1.807, 2.05) is 0 Å². The van der Waals surface area contributed by atoms with Crippen molar-refractivity contribution in [2.75, 3.05) is 6.54 Å². The van der Waals surface area contributed by atoms with Crippen molar-refractivity contribution in [3.05, 3.63) is 0 Å². The molecule has 7 heteroatoms. The van der Waals surface area contributed by atoms with Gasteiger partial charge in [-0.1, -0.05) is 0 Å². The number of carbonyl (C=O) groups excluding carboxylic acids is 1. The molecule has 0 heterocycles. The van der Waals surface area contributed by atoms with Crippen LogP contribution in [0.25, 0.3) is 0 Å². The van der Waals surface area contributed by atoms with E-state index in [2.05, 4.69) is 16.2 Å². The fraction of sp³-hybridized carbons (Fsp3) is 0.500. The van der Waals surface area contributed by atoms with E-state index in [0.717, 1.165) is 0 Å². The number of hydrogen-bond donors (Lipinski definition) is 1. The quantitative estimate of drug-likeness (QED) is 0.481. The van der Waals surface area contributed by atoms with Gasteiger partial charge in [0.15, 0.2) is 17.4 Å². The Morgan fingerprint density at radius 2 is 2.11 bits per heavy atom.